The Morgan fingerprint density at radius 2 is 1.02 bits per heavy atom. The second kappa shape index (κ2) is 17.2. The lowest BCUT2D eigenvalue weighted by atomic mass is 10.1. The number of halogens is 6. The van der Waals surface area contributed by atoms with Gasteiger partial charge in [0, 0.05) is 20.9 Å². The van der Waals surface area contributed by atoms with Crippen LogP contribution in [0.4, 0.5) is 26.3 Å². The van der Waals surface area contributed by atoms with Gasteiger partial charge in [-0.2, -0.15) is 26.3 Å². The highest BCUT2D eigenvalue weighted by Crippen LogP contribution is 2.43. The molecule has 3 rings (SSSR count). The molecular formula is C32H36F6O6S4. The zero-order valence-corrected chi connectivity index (χ0v) is 29.5. The summed E-state index contributed by atoms with van der Waals surface area (Å²) in [7, 11) is -11.8. The monoisotopic (exact) mass is 758 g/mol. The summed E-state index contributed by atoms with van der Waals surface area (Å²) in [5.41, 5.74) is -11.6. The Morgan fingerprint density at radius 1 is 0.646 bits per heavy atom. The first-order valence-electron chi connectivity index (χ1n) is 15.1. The number of benzene rings is 1. The number of hydrogen-bond donors (Lipinski definition) is 0. The molecule has 48 heavy (non-hydrogen) atoms. The molecule has 0 fully saturated rings. The molecule has 2 heterocycles. The Morgan fingerprint density at radius 3 is 1.31 bits per heavy atom. The van der Waals surface area contributed by atoms with Crippen LogP contribution in [0.5, 0.6) is 11.5 Å². The van der Waals surface area contributed by atoms with Crippen molar-refractivity contribution in [2.24, 2.45) is 0 Å². The van der Waals surface area contributed by atoms with Gasteiger partial charge in [-0.3, -0.25) is 0 Å². The third kappa shape index (κ3) is 10.1. The Kier molecular flexibility index (Phi) is 14.2. The molecule has 0 N–H and O–H groups in total. The second-order valence-corrected chi connectivity index (χ2v) is 16.3. The van der Waals surface area contributed by atoms with Crippen molar-refractivity contribution in [3.63, 3.8) is 0 Å². The Balaban J connectivity index is 2.34. The van der Waals surface area contributed by atoms with Crippen LogP contribution in [0, 0.1) is 0 Å². The molecule has 0 saturated heterocycles. The SMILES string of the molecule is CCCCCCOc1cc(/C=C(/c2cccs2)S(=O)(=O)C(F)(F)F)c(OCCCCCC)cc1/C=C(/c1cccs1)S(=O)(=O)C(F)(F)F. The molecule has 0 aliphatic rings. The van der Waals surface area contributed by atoms with E-state index in [4.69, 9.17) is 9.47 Å². The molecule has 266 valence electrons. The minimum Gasteiger partial charge on any atom is -0.493 e. The van der Waals surface area contributed by atoms with Gasteiger partial charge < -0.3 is 9.47 Å². The van der Waals surface area contributed by atoms with Crippen molar-refractivity contribution in [3.05, 3.63) is 68.0 Å². The lowest BCUT2D eigenvalue weighted by Crippen LogP contribution is -2.24. The lowest BCUT2D eigenvalue weighted by molar-refractivity contribution is -0.0426. The zero-order chi connectivity index (χ0) is 35.6. The Bertz CT molecular complexity index is 1610. The average molecular weight is 759 g/mol. The molecule has 16 heteroatoms. The summed E-state index contributed by atoms with van der Waals surface area (Å²) in [5, 5.41) is 2.82. The predicted molar refractivity (Wildman–Crippen MR) is 180 cm³/mol. The van der Waals surface area contributed by atoms with Gasteiger partial charge in [0.2, 0.25) is 0 Å². The Hall–Kier alpha value is -2.82. The van der Waals surface area contributed by atoms with Crippen LogP contribution in [-0.4, -0.2) is 41.1 Å². The highest BCUT2D eigenvalue weighted by molar-refractivity contribution is 8.02. The summed E-state index contributed by atoms with van der Waals surface area (Å²) in [6, 6.07) is 7.52. The average Bonchev–Trinajstić information content (AvgIpc) is 3.73. The van der Waals surface area contributed by atoms with Crippen LogP contribution in [0.25, 0.3) is 22.0 Å². The summed E-state index contributed by atoms with van der Waals surface area (Å²) in [6.45, 7) is 4.05. The topological polar surface area (TPSA) is 86.7 Å². The van der Waals surface area contributed by atoms with E-state index in [9.17, 15) is 43.2 Å². The highest BCUT2D eigenvalue weighted by atomic mass is 32.2. The standard InChI is InChI=1S/C32H36F6O6S4/c1-3-5-7-9-15-43-25-19-24(22-30(28-14-12-18-46-28)48(41,42)32(36,37)38)26(44-16-10-8-6-4-2)20-23(25)21-29(27-13-11-17-45-27)47(39,40)31(33,34)35/h11-14,17-22H,3-10,15-16H2,1-2H3/b29-21-,30-22-. The maximum absolute atomic E-state index is 13.9. The van der Waals surface area contributed by atoms with Crippen molar-refractivity contribution in [1.29, 1.82) is 0 Å². The number of unbranched alkanes of at least 4 members (excludes halogenated alkanes) is 6. The second-order valence-electron chi connectivity index (χ2n) is 10.6. The fraction of sp³-hybridized carbons (Fsp3) is 0.438. The number of alkyl halides is 6. The van der Waals surface area contributed by atoms with Gasteiger partial charge in [0.15, 0.2) is 0 Å². The van der Waals surface area contributed by atoms with Crippen molar-refractivity contribution in [1.82, 2.24) is 0 Å². The first-order chi connectivity index (χ1) is 22.5. The number of thiophene rings is 2. The van der Waals surface area contributed by atoms with E-state index in [-0.39, 0.29) is 45.6 Å². The summed E-state index contributed by atoms with van der Waals surface area (Å²) in [5.74, 6) is -0.338. The summed E-state index contributed by atoms with van der Waals surface area (Å²) in [4.78, 5) is -2.53. The van der Waals surface area contributed by atoms with E-state index in [0.29, 0.717) is 12.8 Å². The molecule has 3 aromatic rings. The van der Waals surface area contributed by atoms with Crippen LogP contribution < -0.4 is 9.47 Å². The summed E-state index contributed by atoms with van der Waals surface area (Å²) in [6.07, 6.45) is 7.60. The van der Waals surface area contributed by atoms with Crippen molar-refractivity contribution in [3.8, 4) is 11.5 Å². The van der Waals surface area contributed by atoms with Gasteiger partial charge >= 0.3 is 11.0 Å². The third-order valence-electron chi connectivity index (χ3n) is 6.94. The van der Waals surface area contributed by atoms with E-state index in [1.54, 1.807) is 0 Å². The molecule has 0 saturated carbocycles. The van der Waals surface area contributed by atoms with E-state index in [1.807, 2.05) is 13.8 Å². The molecule has 0 aliphatic carbocycles. The fourth-order valence-corrected chi connectivity index (χ4v) is 8.37. The van der Waals surface area contributed by atoms with Gasteiger partial charge in [0.05, 0.1) is 23.0 Å². The third-order valence-corrected chi connectivity index (χ3v) is 12.1. The van der Waals surface area contributed by atoms with Crippen LogP contribution in [0.3, 0.4) is 0 Å². The van der Waals surface area contributed by atoms with Gasteiger partial charge in [-0.05, 0) is 60.0 Å². The predicted octanol–water partition coefficient (Wildman–Crippen LogP) is 10.6. The van der Waals surface area contributed by atoms with Gasteiger partial charge in [-0.25, -0.2) is 16.8 Å². The molecule has 0 atom stereocenters. The molecule has 2 aromatic heterocycles. The van der Waals surface area contributed by atoms with Crippen LogP contribution in [0.1, 0.15) is 86.1 Å². The molecule has 0 amide bonds. The zero-order valence-electron chi connectivity index (χ0n) is 26.2. The molecule has 6 nitrogen and oxygen atoms in total. The minimum atomic E-state index is -5.88. The molecular weight excluding hydrogens is 723 g/mol. The Labute approximate surface area is 284 Å². The highest BCUT2D eigenvalue weighted by Gasteiger charge is 2.50. The number of hydrogen-bond acceptors (Lipinski definition) is 8. The molecule has 0 aliphatic heterocycles. The van der Waals surface area contributed by atoms with Crippen molar-refractivity contribution in [2.75, 3.05) is 13.2 Å². The quantitative estimate of drug-likeness (QED) is 0.0948. The normalized spacial score (nSPS) is 13.6. The number of rotatable bonds is 18. The van der Waals surface area contributed by atoms with Gasteiger partial charge in [0.1, 0.15) is 11.5 Å². The van der Waals surface area contributed by atoms with Crippen LogP contribution in [-0.2, 0) is 19.7 Å². The number of ether oxygens (including phenoxy) is 2. The van der Waals surface area contributed by atoms with Gasteiger partial charge in [-0.1, -0.05) is 64.5 Å². The van der Waals surface area contributed by atoms with E-state index >= 15 is 0 Å². The van der Waals surface area contributed by atoms with Crippen molar-refractivity contribution >= 4 is 64.3 Å². The first kappa shape index (κ1) is 39.6. The van der Waals surface area contributed by atoms with Crippen LogP contribution >= 0.6 is 22.7 Å². The molecule has 1 aromatic carbocycles. The fourth-order valence-electron chi connectivity index (χ4n) is 4.42. The van der Waals surface area contributed by atoms with E-state index in [0.717, 1.165) is 73.4 Å². The first-order valence-corrected chi connectivity index (χ1v) is 19.8. The molecule has 0 radical (unpaired) electrons. The smallest absolute Gasteiger partial charge is 0.493 e. The molecule has 0 spiro atoms. The van der Waals surface area contributed by atoms with Crippen LogP contribution in [0.2, 0.25) is 0 Å². The van der Waals surface area contributed by atoms with E-state index in [2.05, 4.69) is 0 Å². The van der Waals surface area contributed by atoms with E-state index < -0.39 is 40.5 Å². The molecule has 0 bridgehead atoms. The number of sulfone groups is 2. The van der Waals surface area contributed by atoms with E-state index in [1.165, 1.54) is 47.2 Å². The molecule has 0 unspecified atom stereocenters. The van der Waals surface area contributed by atoms with Gasteiger partial charge in [-0.15, -0.1) is 22.7 Å². The minimum absolute atomic E-state index is 0.0419. The largest absolute Gasteiger partial charge is 0.501 e. The summed E-state index contributed by atoms with van der Waals surface area (Å²) >= 11 is 1.53. The lowest BCUT2D eigenvalue weighted by Gasteiger charge is -2.18. The maximum atomic E-state index is 13.9. The maximum Gasteiger partial charge on any atom is 0.501 e. The van der Waals surface area contributed by atoms with Crippen LogP contribution in [0.15, 0.2) is 47.2 Å². The van der Waals surface area contributed by atoms with Gasteiger partial charge in [0.25, 0.3) is 19.7 Å². The van der Waals surface area contributed by atoms with Crippen molar-refractivity contribution < 1.29 is 52.7 Å². The summed E-state index contributed by atoms with van der Waals surface area (Å²) < 4.78 is 146. The van der Waals surface area contributed by atoms with Crippen molar-refractivity contribution in [2.45, 2.75) is 76.2 Å².